The number of fused-ring (bicyclic) bond motifs is 1. The molecular formula is C11H10N4OS. The first-order valence-electron chi connectivity index (χ1n) is 5.26. The Morgan fingerprint density at radius 1 is 1.41 bits per heavy atom. The van der Waals surface area contributed by atoms with Crippen molar-refractivity contribution in [3.8, 4) is 10.8 Å². The number of aryl methyl sites for hydroxylation is 1. The smallest absolute Gasteiger partial charge is 0.241 e. The maximum Gasteiger partial charge on any atom is 0.241 e. The lowest BCUT2D eigenvalue weighted by Gasteiger charge is -1.90. The van der Waals surface area contributed by atoms with E-state index < -0.39 is 0 Å². The van der Waals surface area contributed by atoms with Crippen LogP contribution in [0.3, 0.4) is 0 Å². The van der Waals surface area contributed by atoms with Crippen LogP contribution in [0.5, 0.6) is 0 Å². The highest BCUT2D eigenvalue weighted by molar-refractivity contribution is 7.09. The molecule has 2 heterocycles. The summed E-state index contributed by atoms with van der Waals surface area (Å²) in [6.07, 6.45) is 0.806. The van der Waals surface area contributed by atoms with Gasteiger partial charge >= 0.3 is 0 Å². The van der Waals surface area contributed by atoms with Crippen LogP contribution in [0.25, 0.3) is 21.9 Å². The second-order valence-corrected chi connectivity index (χ2v) is 4.37. The van der Waals surface area contributed by atoms with Gasteiger partial charge in [0.15, 0.2) is 5.58 Å². The first kappa shape index (κ1) is 10.2. The SMILES string of the molecule is CCc1nnsc1-c1nc2c(N)cccc2o1. The Morgan fingerprint density at radius 2 is 2.29 bits per heavy atom. The number of anilines is 1. The van der Waals surface area contributed by atoms with Crippen molar-refractivity contribution in [2.24, 2.45) is 0 Å². The topological polar surface area (TPSA) is 77.8 Å². The van der Waals surface area contributed by atoms with E-state index >= 15 is 0 Å². The van der Waals surface area contributed by atoms with Gasteiger partial charge in [0.1, 0.15) is 10.4 Å². The molecule has 5 nitrogen and oxygen atoms in total. The summed E-state index contributed by atoms with van der Waals surface area (Å²) < 4.78 is 9.60. The summed E-state index contributed by atoms with van der Waals surface area (Å²) in [7, 11) is 0. The lowest BCUT2D eigenvalue weighted by molar-refractivity contribution is 0.620. The van der Waals surface area contributed by atoms with Gasteiger partial charge in [-0.3, -0.25) is 0 Å². The van der Waals surface area contributed by atoms with Gasteiger partial charge in [-0.05, 0) is 30.1 Å². The molecule has 3 aromatic rings. The highest BCUT2D eigenvalue weighted by Crippen LogP contribution is 2.30. The number of hydrogen-bond donors (Lipinski definition) is 1. The third-order valence-electron chi connectivity index (χ3n) is 2.54. The molecule has 0 saturated heterocycles. The molecule has 0 aliphatic heterocycles. The number of para-hydroxylation sites is 1. The monoisotopic (exact) mass is 246 g/mol. The summed E-state index contributed by atoms with van der Waals surface area (Å²) in [6, 6.07) is 5.50. The fourth-order valence-electron chi connectivity index (χ4n) is 1.67. The Balaban J connectivity index is 2.22. The minimum Gasteiger partial charge on any atom is -0.435 e. The van der Waals surface area contributed by atoms with Crippen LogP contribution >= 0.6 is 11.5 Å². The molecule has 0 radical (unpaired) electrons. The fourth-order valence-corrected chi connectivity index (χ4v) is 2.35. The van der Waals surface area contributed by atoms with Crippen LogP contribution in [0.15, 0.2) is 22.6 Å². The number of oxazole rings is 1. The van der Waals surface area contributed by atoms with E-state index in [1.165, 1.54) is 11.5 Å². The van der Waals surface area contributed by atoms with Gasteiger partial charge in [0.25, 0.3) is 0 Å². The number of nitrogens with two attached hydrogens (primary N) is 1. The van der Waals surface area contributed by atoms with Crippen molar-refractivity contribution >= 4 is 28.3 Å². The Hall–Kier alpha value is -1.95. The molecular weight excluding hydrogens is 236 g/mol. The number of nitrogens with zero attached hydrogens (tertiary/aromatic N) is 3. The molecule has 3 rings (SSSR count). The number of nitrogen functional groups attached to an aromatic ring is 1. The van der Waals surface area contributed by atoms with Crippen molar-refractivity contribution in [1.29, 1.82) is 0 Å². The number of rotatable bonds is 2. The molecule has 0 atom stereocenters. The van der Waals surface area contributed by atoms with E-state index in [9.17, 15) is 0 Å². The van der Waals surface area contributed by atoms with E-state index in [4.69, 9.17) is 10.2 Å². The highest BCUT2D eigenvalue weighted by atomic mass is 32.1. The van der Waals surface area contributed by atoms with Crippen molar-refractivity contribution in [3.05, 3.63) is 23.9 Å². The highest BCUT2D eigenvalue weighted by Gasteiger charge is 2.16. The normalized spacial score (nSPS) is 11.1. The first-order chi connectivity index (χ1) is 8.29. The average Bonchev–Trinajstić information content (AvgIpc) is 2.94. The van der Waals surface area contributed by atoms with Crippen LogP contribution in [0.2, 0.25) is 0 Å². The van der Waals surface area contributed by atoms with Gasteiger partial charge in [0, 0.05) is 0 Å². The molecule has 0 amide bonds. The van der Waals surface area contributed by atoms with E-state index in [2.05, 4.69) is 14.6 Å². The molecule has 0 bridgehead atoms. The number of hydrogen-bond acceptors (Lipinski definition) is 6. The lowest BCUT2D eigenvalue weighted by atomic mass is 10.3. The van der Waals surface area contributed by atoms with E-state index in [1.807, 2.05) is 19.1 Å². The van der Waals surface area contributed by atoms with Crippen LogP contribution in [-0.2, 0) is 6.42 Å². The zero-order chi connectivity index (χ0) is 11.8. The van der Waals surface area contributed by atoms with Crippen molar-refractivity contribution in [2.45, 2.75) is 13.3 Å². The number of benzene rings is 1. The molecule has 86 valence electrons. The van der Waals surface area contributed by atoms with Crippen LogP contribution < -0.4 is 5.73 Å². The second kappa shape index (κ2) is 3.81. The van der Waals surface area contributed by atoms with Gasteiger partial charge in [-0.2, -0.15) is 0 Å². The third-order valence-corrected chi connectivity index (χ3v) is 3.29. The van der Waals surface area contributed by atoms with E-state index in [0.29, 0.717) is 22.7 Å². The van der Waals surface area contributed by atoms with Crippen molar-refractivity contribution in [2.75, 3.05) is 5.73 Å². The van der Waals surface area contributed by atoms with Crippen molar-refractivity contribution in [1.82, 2.24) is 14.6 Å². The summed E-state index contributed by atoms with van der Waals surface area (Å²) in [6.45, 7) is 2.03. The molecule has 0 fully saturated rings. The van der Waals surface area contributed by atoms with Crippen molar-refractivity contribution < 1.29 is 4.42 Å². The van der Waals surface area contributed by atoms with Crippen LogP contribution in [0, 0.1) is 0 Å². The van der Waals surface area contributed by atoms with Crippen LogP contribution in [0.1, 0.15) is 12.6 Å². The quantitative estimate of drug-likeness (QED) is 0.703. The van der Waals surface area contributed by atoms with E-state index in [0.717, 1.165) is 17.0 Å². The van der Waals surface area contributed by atoms with Gasteiger partial charge in [-0.1, -0.05) is 17.5 Å². The largest absolute Gasteiger partial charge is 0.435 e. The van der Waals surface area contributed by atoms with Gasteiger partial charge in [-0.25, -0.2) is 4.98 Å². The summed E-state index contributed by atoms with van der Waals surface area (Å²) in [5, 5.41) is 4.04. The minimum absolute atomic E-state index is 0.546. The number of aromatic nitrogens is 3. The van der Waals surface area contributed by atoms with Gasteiger partial charge < -0.3 is 10.2 Å². The zero-order valence-corrected chi connectivity index (χ0v) is 9.99. The standard InChI is InChI=1S/C11H10N4OS/c1-2-7-10(17-15-14-7)11-13-9-6(12)4-3-5-8(9)16-11/h3-5H,2,12H2,1H3. The summed E-state index contributed by atoms with van der Waals surface area (Å²) >= 11 is 1.29. The molecule has 2 aromatic heterocycles. The second-order valence-electron chi connectivity index (χ2n) is 3.62. The lowest BCUT2D eigenvalue weighted by Crippen LogP contribution is -1.86. The molecule has 0 aliphatic rings. The van der Waals surface area contributed by atoms with Gasteiger partial charge in [0.2, 0.25) is 5.89 Å². The Kier molecular flexibility index (Phi) is 2.29. The third kappa shape index (κ3) is 1.57. The Morgan fingerprint density at radius 3 is 3.06 bits per heavy atom. The molecule has 6 heteroatoms. The molecule has 0 spiro atoms. The maximum absolute atomic E-state index is 5.84. The van der Waals surface area contributed by atoms with E-state index in [-0.39, 0.29) is 0 Å². The molecule has 1 aromatic carbocycles. The summed E-state index contributed by atoms with van der Waals surface area (Å²) in [4.78, 5) is 5.28. The summed E-state index contributed by atoms with van der Waals surface area (Å²) in [5.41, 5.74) is 8.75. The predicted molar refractivity (Wildman–Crippen MR) is 66.7 cm³/mol. The van der Waals surface area contributed by atoms with Crippen molar-refractivity contribution in [3.63, 3.8) is 0 Å². The van der Waals surface area contributed by atoms with Crippen LogP contribution in [0.4, 0.5) is 5.69 Å². The molecule has 2 N–H and O–H groups in total. The molecule has 0 unspecified atom stereocenters. The van der Waals surface area contributed by atoms with E-state index in [1.54, 1.807) is 6.07 Å². The Bertz CT molecular complexity index is 673. The molecule has 0 saturated carbocycles. The molecule has 0 aliphatic carbocycles. The van der Waals surface area contributed by atoms with Crippen LogP contribution in [-0.4, -0.2) is 14.6 Å². The predicted octanol–water partition coefficient (Wildman–Crippen LogP) is 2.49. The van der Waals surface area contributed by atoms with Gasteiger partial charge in [0.05, 0.1) is 11.4 Å². The van der Waals surface area contributed by atoms with Gasteiger partial charge in [-0.15, -0.1) is 5.10 Å². The average molecular weight is 246 g/mol. The Labute approximate surface area is 101 Å². The first-order valence-corrected chi connectivity index (χ1v) is 6.03. The maximum atomic E-state index is 5.84. The molecule has 17 heavy (non-hydrogen) atoms. The minimum atomic E-state index is 0.546. The summed E-state index contributed by atoms with van der Waals surface area (Å²) in [5.74, 6) is 0.546. The fraction of sp³-hybridized carbons (Fsp3) is 0.182. The zero-order valence-electron chi connectivity index (χ0n) is 9.17.